The highest BCUT2D eigenvalue weighted by molar-refractivity contribution is 9.10. The molecule has 0 radical (unpaired) electrons. The smallest absolute Gasteiger partial charge is 0.243 e. The van der Waals surface area contributed by atoms with Gasteiger partial charge in [0.1, 0.15) is 0 Å². The van der Waals surface area contributed by atoms with Crippen molar-refractivity contribution in [2.75, 3.05) is 13.6 Å². The van der Waals surface area contributed by atoms with E-state index in [0.29, 0.717) is 0 Å². The molecule has 0 spiro atoms. The fourth-order valence-electron chi connectivity index (χ4n) is 2.50. The van der Waals surface area contributed by atoms with Gasteiger partial charge < -0.3 is 5.32 Å². The quantitative estimate of drug-likeness (QED) is 0.584. The molecule has 1 aromatic heterocycles. The number of amides is 1. The minimum absolute atomic E-state index is 0.134. The van der Waals surface area contributed by atoms with E-state index in [2.05, 4.69) is 26.3 Å². The van der Waals surface area contributed by atoms with E-state index in [1.54, 1.807) is 23.0 Å². The van der Waals surface area contributed by atoms with E-state index in [1.165, 1.54) is 19.2 Å². The second kappa shape index (κ2) is 8.68. The Labute approximate surface area is 172 Å². The summed E-state index contributed by atoms with van der Waals surface area (Å²) in [5.41, 5.74) is 1.73. The Morgan fingerprint density at radius 2 is 1.82 bits per heavy atom. The largest absolute Gasteiger partial charge is 0.351 e. The minimum Gasteiger partial charge on any atom is -0.351 e. The van der Waals surface area contributed by atoms with Gasteiger partial charge in [-0.1, -0.05) is 34.1 Å². The Hall–Kier alpha value is -2.49. The predicted octanol–water partition coefficient (Wildman–Crippen LogP) is 2.57. The molecule has 0 atom stereocenters. The summed E-state index contributed by atoms with van der Waals surface area (Å²) in [6, 6.07) is 15.9. The number of carbonyl (C=O) groups excluding carboxylic acids is 1. The second-order valence-corrected chi connectivity index (χ2v) is 9.08. The van der Waals surface area contributed by atoms with Crippen LogP contribution in [0.5, 0.6) is 0 Å². The van der Waals surface area contributed by atoms with Gasteiger partial charge in [0.2, 0.25) is 15.9 Å². The molecule has 0 fully saturated rings. The second-order valence-electron chi connectivity index (χ2n) is 6.12. The third-order valence-corrected chi connectivity index (χ3v) is 6.38. The Kier molecular flexibility index (Phi) is 6.28. The van der Waals surface area contributed by atoms with E-state index < -0.39 is 15.9 Å². The van der Waals surface area contributed by atoms with Crippen molar-refractivity contribution < 1.29 is 13.2 Å². The maximum absolute atomic E-state index is 12.5. The van der Waals surface area contributed by atoms with Crippen molar-refractivity contribution in [3.05, 3.63) is 77.0 Å². The van der Waals surface area contributed by atoms with E-state index in [1.807, 2.05) is 36.5 Å². The summed E-state index contributed by atoms with van der Waals surface area (Å²) in [5.74, 6) is -0.393. The summed E-state index contributed by atoms with van der Waals surface area (Å²) in [6.07, 6.45) is 3.48. The summed E-state index contributed by atoms with van der Waals surface area (Å²) in [7, 11) is -2.35. The number of nitrogens with zero attached hydrogens (tertiary/aromatic N) is 3. The highest BCUT2D eigenvalue weighted by Gasteiger charge is 2.22. The molecule has 7 nitrogen and oxygen atoms in total. The van der Waals surface area contributed by atoms with Crippen LogP contribution in [0.2, 0.25) is 0 Å². The molecular weight excluding hydrogens is 444 g/mol. The summed E-state index contributed by atoms with van der Waals surface area (Å²) in [5, 5.41) is 6.99. The molecule has 0 aliphatic rings. The highest BCUT2D eigenvalue weighted by atomic mass is 79.9. The first-order valence-electron chi connectivity index (χ1n) is 8.44. The van der Waals surface area contributed by atoms with E-state index >= 15 is 0 Å². The van der Waals surface area contributed by atoms with Crippen LogP contribution in [0, 0.1) is 0 Å². The van der Waals surface area contributed by atoms with Crippen molar-refractivity contribution in [3.8, 4) is 5.69 Å². The van der Waals surface area contributed by atoms with Gasteiger partial charge in [0, 0.05) is 29.8 Å². The number of sulfonamides is 1. The van der Waals surface area contributed by atoms with Crippen molar-refractivity contribution in [1.29, 1.82) is 0 Å². The summed E-state index contributed by atoms with van der Waals surface area (Å²) in [4.78, 5) is 12.3. The topological polar surface area (TPSA) is 84.3 Å². The normalized spacial score (nSPS) is 11.5. The van der Waals surface area contributed by atoms with Crippen molar-refractivity contribution in [1.82, 2.24) is 19.4 Å². The molecule has 1 heterocycles. The zero-order chi connectivity index (χ0) is 20.1. The predicted molar refractivity (Wildman–Crippen MR) is 109 cm³/mol. The Bertz CT molecular complexity index is 1050. The summed E-state index contributed by atoms with van der Waals surface area (Å²) >= 11 is 3.27. The number of likely N-dealkylation sites (N-methyl/N-ethyl adjacent to an activating group) is 1. The van der Waals surface area contributed by atoms with Gasteiger partial charge in [0.25, 0.3) is 0 Å². The van der Waals surface area contributed by atoms with Crippen molar-refractivity contribution in [3.63, 3.8) is 0 Å². The van der Waals surface area contributed by atoms with E-state index in [9.17, 15) is 13.2 Å². The summed E-state index contributed by atoms with van der Waals surface area (Å²) in [6.45, 7) is -0.0109. The molecule has 0 unspecified atom stereocenters. The lowest BCUT2D eigenvalue weighted by Crippen LogP contribution is -2.38. The van der Waals surface area contributed by atoms with Crippen molar-refractivity contribution in [2.24, 2.45) is 0 Å². The van der Waals surface area contributed by atoms with Gasteiger partial charge in [0.05, 0.1) is 23.3 Å². The van der Waals surface area contributed by atoms with Crippen LogP contribution >= 0.6 is 15.9 Å². The molecule has 0 aliphatic carbocycles. The Morgan fingerprint density at radius 3 is 2.50 bits per heavy atom. The maximum Gasteiger partial charge on any atom is 0.243 e. The van der Waals surface area contributed by atoms with Gasteiger partial charge in [-0.05, 0) is 36.4 Å². The molecule has 0 bridgehead atoms. The molecule has 0 aliphatic heterocycles. The molecule has 0 saturated heterocycles. The third kappa shape index (κ3) is 4.86. The number of nitrogens with one attached hydrogen (secondary N) is 1. The fraction of sp³-hybridized carbons (Fsp3) is 0.158. The molecule has 28 heavy (non-hydrogen) atoms. The first-order chi connectivity index (χ1) is 13.4. The van der Waals surface area contributed by atoms with Gasteiger partial charge in [-0.25, -0.2) is 13.1 Å². The lowest BCUT2D eigenvalue weighted by molar-refractivity contribution is -0.121. The molecule has 1 N–H and O–H groups in total. The first-order valence-corrected chi connectivity index (χ1v) is 10.7. The van der Waals surface area contributed by atoms with E-state index in [0.717, 1.165) is 20.0 Å². The zero-order valence-electron chi connectivity index (χ0n) is 15.1. The molecule has 3 aromatic rings. The SMILES string of the molecule is CN(CC(=O)NCc1cnn(-c2ccccc2)c1)S(=O)(=O)c1ccc(Br)cc1. The van der Waals surface area contributed by atoms with Crippen molar-refractivity contribution >= 4 is 31.9 Å². The van der Waals surface area contributed by atoms with E-state index in [4.69, 9.17) is 0 Å². The van der Waals surface area contributed by atoms with Crippen LogP contribution in [-0.4, -0.2) is 42.0 Å². The molecule has 2 aromatic carbocycles. The average molecular weight is 463 g/mol. The van der Waals surface area contributed by atoms with Gasteiger partial charge in [0.15, 0.2) is 0 Å². The van der Waals surface area contributed by atoms with Crippen LogP contribution in [0.1, 0.15) is 5.56 Å². The third-order valence-electron chi connectivity index (χ3n) is 4.03. The van der Waals surface area contributed by atoms with Crippen LogP contribution in [-0.2, 0) is 21.4 Å². The molecule has 146 valence electrons. The number of hydrogen-bond donors (Lipinski definition) is 1. The minimum atomic E-state index is -3.73. The standard InChI is InChI=1S/C19H19BrN4O3S/c1-23(28(26,27)18-9-7-16(20)8-10-18)14-19(25)21-11-15-12-22-24(13-15)17-5-3-2-4-6-17/h2-10,12-13H,11,14H2,1H3,(H,21,25). The molecule has 9 heteroatoms. The maximum atomic E-state index is 12.5. The number of carbonyl (C=O) groups is 1. The number of benzene rings is 2. The highest BCUT2D eigenvalue weighted by Crippen LogP contribution is 2.17. The fourth-order valence-corrected chi connectivity index (χ4v) is 3.90. The molecule has 1 amide bonds. The van der Waals surface area contributed by atoms with Gasteiger partial charge in [-0.3, -0.25) is 4.79 Å². The zero-order valence-corrected chi connectivity index (χ0v) is 17.5. The van der Waals surface area contributed by atoms with Crippen LogP contribution in [0.4, 0.5) is 0 Å². The number of para-hydroxylation sites is 1. The van der Waals surface area contributed by atoms with Crippen LogP contribution in [0.15, 0.2) is 76.4 Å². The molecular formula is C19H19BrN4O3S. The summed E-state index contributed by atoms with van der Waals surface area (Å²) < 4.78 is 28.6. The van der Waals surface area contributed by atoms with Crippen LogP contribution < -0.4 is 5.32 Å². The van der Waals surface area contributed by atoms with Gasteiger partial charge >= 0.3 is 0 Å². The van der Waals surface area contributed by atoms with Gasteiger partial charge in [-0.15, -0.1) is 0 Å². The number of hydrogen-bond acceptors (Lipinski definition) is 4. The van der Waals surface area contributed by atoms with Gasteiger partial charge in [-0.2, -0.15) is 9.40 Å². The Balaban J connectivity index is 1.57. The number of halogens is 1. The van der Waals surface area contributed by atoms with Crippen LogP contribution in [0.3, 0.4) is 0 Å². The molecule has 3 rings (SSSR count). The monoisotopic (exact) mass is 462 g/mol. The lowest BCUT2D eigenvalue weighted by atomic mass is 10.3. The number of rotatable bonds is 7. The van der Waals surface area contributed by atoms with E-state index in [-0.39, 0.29) is 18.0 Å². The average Bonchev–Trinajstić information content (AvgIpc) is 3.16. The van der Waals surface area contributed by atoms with Crippen molar-refractivity contribution in [2.45, 2.75) is 11.4 Å². The number of aromatic nitrogens is 2. The van der Waals surface area contributed by atoms with Crippen LogP contribution in [0.25, 0.3) is 5.69 Å². The lowest BCUT2D eigenvalue weighted by Gasteiger charge is -2.16. The Morgan fingerprint density at radius 1 is 1.14 bits per heavy atom. The molecule has 0 saturated carbocycles. The first kappa shape index (κ1) is 20.2.